The number of carbonyl (C=O) groups is 1. The fourth-order valence-corrected chi connectivity index (χ4v) is 3.48. The first-order valence-corrected chi connectivity index (χ1v) is 8.89. The first-order valence-electron chi connectivity index (χ1n) is 8.89. The van der Waals surface area contributed by atoms with Gasteiger partial charge in [0, 0.05) is 19.3 Å². The van der Waals surface area contributed by atoms with Crippen molar-refractivity contribution in [2.45, 2.75) is 46.4 Å². The van der Waals surface area contributed by atoms with Gasteiger partial charge in [-0.2, -0.15) is 5.10 Å². The van der Waals surface area contributed by atoms with E-state index in [0.29, 0.717) is 13.1 Å². The van der Waals surface area contributed by atoms with Crippen LogP contribution in [0.15, 0.2) is 36.5 Å². The molecule has 26 heavy (non-hydrogen) atoms. The minimum absolute atomic E-state index is 0.0861. The van der Waals surface area contributed by atoms with Crippen molar-refractivity contribution in [3.63, 3.8) is 0 Å². The molecule has 2 aromatic heterocycles. The van der Waals surface area contributed by atoms with E-state index in [9.17, 15) is 4.79 Å². The topological polar surface area (TPSA) is 68.8 Å². The lowest BCUT2D eigenvalue weighted by atomic mass is 10.1. The van der Waals surface area contributed by atoms with E-state index in [-0.39, 0.29) is 11.9 Å². The molecule has 1 aliphatic rings. The Morgan fingerprint density at radius 3 is 2.65 bits per heavy atom. The third kappa shape index (κ3) is 2.69. The van der Waals surface area contributed by atoms with E-state index in [1.165, 1.54) is 0 Å². The van der Waals surface area contributed by atoms with Gasteiger partial charge < -0.3 is 4.90 Å². The molecule has 134 valence electrons. The van der Waals surface area contributed by atoms with Gasteiger partial charge in [0.2, 0.25) is 5.91 Å². The Morgan fingerprint density at radius 2 is 1.96 bits per heavy atom. The van der Waals surface area contributed by atoms with Gasteiger partial charge in [-0.3, -0.25) is 14.0 Å². The highest BCUT2D eigenvalue weighted by molar-refractivity contribution is 5.82. The van der Waals surface area contributed by atoms with Crippen molar-refractivity contribution < 1.29 is 4.79 Å². The summed E-state index contributed by atoms with van der Waals surface area (Å²) < 4.78 is 3.83. The van der Waals surface area contributed by atoms with Crippen LogP contribution in [-0.4, -0.2) is 35.4 Å². The Morgan fingerprint density at radius 1 is 1.19 bits per heavy atom. The number of hydrogen-bond donors (Lipinski definition) is 0. The van der Waals surface area contributed by atoms with E-state index < -0.39 is 0 Å². The van der Waals surface area contributed by atoms with Gasteiger partial charge in [0.25, 0.3) is 0 Å². The Hall–Kier alpha value is -2.96. The number of aromatic nitrogens is 5. The lowest BCUT2D eigenvalue weighted by Crippen LogP contribution is -2.41. The molecular formula is C19H22N6O. The van der Waals surface area contributed by atoms with E-state index in [1.807, 2.05) is 71.4 Å². The molecule has 0 saturated carbocycles. The molecule has 0 aliphatic carbocycles. The van der Waals surface area contributed by atoms with Crippen molar-refractivity contribution in [1.82, 2.24) is 29.4 Å². The van der Waals surface area contributed by atoms with E-state index in [0.717, 1.165) is 35.0 Å². The van der Waals surface area contributed by atoms with E-state index in [1.54, 1.807) is 0 Å². The highest BCUT2D eigenvalue weighted by Crippen LogP contribution is 2.30. The number of benzene rings is 1. The molecule has 0 radical (unpaired) electrons. The van der Waals surface area contributed by atoms with Crippen LogP contribution >= 0.6 is 0 Å². The standard InChI is InChI=1S/C19H22N6O/c1-4-24-11-16(13(2)22-24)18-21-20-17-12-23(19(26)14(3)25(17)18)10-15-8-6-5-7-9-15/h5-9,11,14H,4,10,12H2,1-3H3/t14-/m0/s1. The number of amides is 1. The molecule has 7 heteroatoms. The van der Waals surface area contributed by atoms with Crippen LogP contribution in [0.25, 0.3) is 11.4 Å². The maximum atomic E-state index is 12.9. The van der Waals surface area contributed by atoms with Crippen LogP contribution in [0.3, 0.4) is 0 Å². The van der Waals surface area contributed by atoms with Crippen molar-refractivity contribution in [3.05, 3.63) is 53.6 Å². The molecule has 1 aromatic carbocycles. The fourth-order valence-electron chi connectivity index (χ4n) is 3.48. The lowest BCUT2D eigenvalue weighted by molar-refractivity contribution is -0.137. The average molecular weight is 350 g/mol. The summed E-state index contributed by atoms with van der Waals surface area (Å²) in [7, 11) is 0. The molecule has 7 nitrogen and oxygen atoms in total. The summed E-state index contributed by atoms with van der Waals surface area (Å²) in [5, 5.41) is 13.2. The zero-order valence-electron chi connectivity index (χ0n) is 15.3. The average Bonchev–Trinajstić information content (AvgIpc) is 3.23. The van der Waals surface area contributed by atoms with E-state index in [4.69, 9.17) is 0 Å². The van der Waals surface area contributed by atoms with Crippen molar-refractivity contribution in [1.29, 1.82) is 0 Å². The third-order valence-corrected chi connectivity index (χ3v) is 4.88. The monoisotopic (exact) mass is 350 g/mol. The summed E-state index contributed by atoms with van der Waals surface area (Å²) in [5.41, 5.74) is 2.94. The quantitative estimate of drug-likeness (QED) is 0.725. The number of rotatable bonds is 4. The molecule has 0 saturated heterocycles. The molecule has 1 amide bonds. The fraction of sp³-hybridized carbons (Fsp3) is 0.368. The first kappa shape index (κ1) is 16.5. The van der Waals surface area contributed by atoms with Crippen LogP contribution < -0.4 is 0 Å². The van der Waals surface area contributed by atoms with Gasteiger partial charge in [-0.1, -0.05) is 30.3 Å². The van der Waals surface area contributed by atoms with Crippen molar-refractivity contribution >= 4 is 5.91 Å². The second kappa shape index (κ2) is 6.40. The Kier molecular flexibility index (Phi) is 4.06. The zero-order valence-corrected chi connectivity index (χ0v) is 15.3. The molecule has 0 spiro atoms. The number of hydrogen-bond acceptors (Lipinski definition) is 4. The largest absolute Gasteiger partial charge is 0.329 e. The smallest absolute Gasteiger partial charge is 0.246 e. The number of carbonyl (C=O) groups excluding carboxylic acids is 1. The van der Waals surface area contributed by atoms with E-state index in [2.05, 4.69) is 15.3 Å². The maximum absolute atomic E-state index is 12.9. The van der Waals surface area contributed by atoms with Crippen molar-refractivity contribution in [2.24, 2.45) is 0 Å². The third-order valence-electron chi connectivity index (χ3n) is 4.88. The van der Waals surface area contributed by atoms with Gasteiger partial charge in [-0.05, 0) is 26.3 Å². The SMILES string of the molecule is CCn1cc(-c2nnc3n2[C@@H](C)C(=O)N(Cc2ccccc2)C3)c(C)n1. The zero-order chi connectivity index (χ0) is 18.3. The molecule has 0 unspecified atom stereocenters. The molecule has 3 heterocycles. The molecule has 4 rings (SSSR count). The second-order valence-electron chi connectivity index (χ2n) is 6.65. The van der Waals surface area contributed by atoms with Gasteiger partial charge >= 0.3 is 0 Å². The number of fused-ring (bicyclic) bond motifs is 1. The molecule has 0 fully saturated rings. The summed E-state index contributed by atoms with van der Waals surface area (Å²) in [5.74, 6) is 1.62. The summed E-state index contributed by atoms with van der Waals surface area (Å²) in [6.45, 7) is 7.75. The molecule has 3 aromatic rings. The molecule has 0 bridgehead atoms. The summed E-state index contributed by atoms with van der Waals surface area (Å²) in [6.07, 6.45) is 1.97. The Balaban J connectivity index is 1.68. The highest BCUT2D eigenvalue weighted by Gasteiger charge is 2.34. The minimum Gasteiger partial charge on any atom is -0.329 e. The molecular weight excluding hydrogens is 328 g/mol. The van der Waals surface area contributed by atoms with Crippen molar-refractivity contribution in [3.8, 4) is 11.4 Å². The van der Waals surface area contributed by atoms with Crippen molar-refractivity contribution in [2.75, 3.05) is 0 Å². The normalized spacial score (nSPS) is 16.8. The van der Waals surface area contributed by atoms with Crippen LogP contribution in [0.4, 0.5) is 0 Å². The van der Waals surface area contributed by atoms with Crippen LogP contribution in [0, 0.1) is 6.92 Å². The van der Waals surface area contributed by atoms with Crippen LogP contribution in [0.1, 0.15) is 37.0 Å². The summed E-state index contributed by atoms with van der Waals surface area (Å²) >= 11 is 0. The van der Waals surface area contributed by atoms with Gasteiger partial charge in [0.1, 0.15) is 6.04 Å². The summed E-state index contributed by atoms with van der Waals surface area (Å²) in [4.78, 5) is 14.8. The number of nitrogens with zero attached hydrogens (tertiary/aromatic N) is 6. The Labute approximate surface area is 152 Å². The van der Waals surface area contributed by atoms with E-state index >= 15 is 0 Å². The van der Waals surface area contributed by atoms with Gasteiger partial charge in [0.15, 0.2) is 11.6 Å². The van der Waals surface area contributed by atoms with Crippen LogP contribution in [0.5, 0.6) is 0 Å². The second-order valence-corrected chi connectivity index (χ2v) is 6.65. The minimum atomic E-state index is -0.336. The first-order chi connectivity index (χ1) is 12.6. The molecule has 0 N–H and O–H groups in total. The summed E-state index contributed by atoms with van der Waals surface area (Å²) in [6, 6.07) is 9.68. The maximum Gasteiger partial charge on any atom is 0.246 e. The van der Waals surface area contributed by atoms with Gasteiger partial charge in [-0.15, -0.1) is 10.2 Å². The van der Waals surface area contributed by atoms with Crippen LogP contribution in [0.2, 0.25) is 0 Å². The van der Waals surface area contributed by atoms with Gasteiger partial charge in [-0.25, -0.2) is 0 Å². The van der Waals surface area contributed by atoms with Crippen LogP contribution in [-0.2, 0) is 24.4 Å². The molecule has 1 atom stereocenters. The Bertz CT molecular complexity index is 942. The predicted molar refractivity (Wildman–Crippen MR) is 97.1 cm³/mol. The highest BCUT2D eigenvalue weighted by atomic mass is 16.2. The molecule has 1 aliphatic heterocycles. The number of aryl methyl sites for hydroxylation is 2. The van der Waals surface area contributed by atoms with Gasteiger partial charge in [0.05, 0.1) is 17.8 Å². The lowest BCUT2D eigenvalue weighted by Gasteiger charge is -2.32. The predicted octanol–water partition coefficient (Wildman–Crippen LogP) is 2.57.